The Labute approximate surface area is 82.2 Å². The summed E-state index contributed by atoms with van der Waals surface area (Å²) in [6.07, 6.45) is 0. The van der Waals surface area contributed by atoms with E-state index in [4.69, 9.17) is 0 Å². The highest BCUT2D eigenvalue weighted by Gasteiger charge is 2.08. The van der Waals surface area contributed by atoms with Gasteiger partial charge in [0.2, 0.25) is 0 Å². The van der Waals surface area contributed by atoms with Gasteiger partial charge in [0.05, 0.1) is 4.47 Å². The molecule has 0 fully saturated rings. The van der Waals surface area contributed by atoms with Gasteiger partial charge in [-0.05, 0) is 45.9 Å². The maximum atomic E-state index is 13.5. The summed E-state index contributed by atoms with van der Waals surface area (Å²) < 4.78 is 15.0. The molecule has 0 aliphatic heterocycles. The molecule has 0 N–H and O–H groups in total. The van der Waals surface area contributed by atoms with Crippen LogP contribution < -0.4 is 0 Å². The minimum atomic E-state index is -0.147. The Kier molecular flexibility index (Phi) is 1.93. The average molecular weight is 245 g/mol. The van der Waals surface area contributed by atoms with E-state index < -0.39 is 0 Å². The molecule has 0 nitrogen and oxygen atoms in total. The van der Waals surface area contributed by atoms with Crippen LogP contribution in [0.2, 0.25) is 0 Å². The highest BCUT2D eigenvalue weighted by atomic mass is 79.9. The third-order valence-corrected chi connectivity index (χ3v) is 3.66. The van der Waals surface area contributed by atoms with Crippen molar-refractivity contribution in [3.63, 3.8) is 0 Å². The van der Waals surface area contributed by atoms with Crippen molar-refractivity contribution in [3.05, 3.63) is 33.4 Å². The summed E-state index contributed by atoms with van der Waals surface area (Å²) in [5.41, 5.74) is 0.947. The van der Waals surface area contributed by atoms with E-state index in [1.54, 1.807) is 17.4 Å². The van der Waals surface area contributed by atoms with Crippen LogP contribution in [0.25, 0.3) is 10.1 Å². The monoisotopic (exact) mass is 244 g/mol. The van der Waals surface area contributed by atoms with Gasteiger partial charge < -0.3 is 0 Å². The molecule has 0 unspecified atom stereocenters. The summed E-state index contributed by atoms with van der Waals surface area (Å²) in [5.74, 6) is -0.147. The number of hydrogen-bond donors (Lipinski definition) is 0. The maximum absolute atomic E-state index is 13.5. The van der Waals surface area contributed by atoms with Gasteiger partial charge in [0.1, 0.15) is 5.82 Å². The lowest BCUT2D eigenvalue weighted by atomic mass is 10.2. The van der Waals surface area contributed by atoms with E-state index in [-0.39, 0.29) is 5.82 Å². The van der Waals surface area contributed by atoms with E-state index in [0.717, 1.165) is 10.3 Å². The van der Waals surface area contributed by atoms with E-state index in [1.807, 2.05) is 18.4 Å². The van der Waals surface area contributed by atoms with Gasteiger partial charge in [-0.1, -0.05) is 0 Å². The van der Waals surface area contributed by atoms with E-state index in [9.17, 15) is 4.39 Å². The lowest BCUT2D eigenvalue weighted by Gasteiger charge is -2.00. The molecular weight excluding hydrogens is 239 g/mol. The Balaban J connectivity index is 2.94. The fourth-order valence-corrected chi connectivity index (χ4v) is 2.37. The number of halogens is 2. The molecule has 0 atom stereocenters. The zero-order valence-corrected chi connectivity index (χ0v) is 8.80. The molecule has 62 valence electrons. The highest BCUT2D eigenvalue weighted by Crippen LogP contribution is 2.31. The second-order valence-electron chi connectivity index (χ2n) is 2.65. The van der Waals surface area contributed by atoms with Crippen molar-refractivity contribution in [1.82, 2.24) is 0 Å². The second kappa shape index (κ2) is 2.82. The Hall–Kier alpha value is -0.410. The third-order valence-electron chi connectivity index (χ3n) is 1.82. The summed E-state index contributed by atoms with van der Waals surface area (Å²) in [5, 5.41) is 2.61. The van der Waals surface area contributed by atoms with E-state index >= 15 is 0 Å². The average Bonchev–Trinajstić information content (AvgIpc) is 2.48. The molecule has 0 bridgehead atoms. The van der Waals surface area contributed by atoms with Gasteiger partial charge in [-0.2, -0.15) is 0 Å². The van der Waals surface area contributed by atoms with Gasteiger partial charge >= 0.3 is 0 Å². The van der Waals surface area contributed by atoms with Gasteiger partial charge in [0.25, 0.3) is 0 Å². The molecular formula is C9H6BrFS. The molecule has 0 aliphatic rings. The molecule has 12 heavy (non-hydrogen) atoms. The molecule has 1 heterocycles. The zero-order chi connectivity index (χ0) is 8.72. The first-order valence-electron chi connectivity index (χ1n) is 3.52. The topological polar surface area (TPSA) is 0 Å². The standard InChI is InChI=1S/C9H6BrFS/c1-5-4-7-6(2-3-12-7)9(11)8(5)10/h2-4H,1H3. The van der Waals surface area contributed by atoms with Crippen molar-refractivity contribution in [1.29, 1.82) is 0 Å². The summed E-state index contributed by atoms with van der Waals surface area (Å²) in [7, 11) is 0. The Bertz CT molecular complexity index is 433. The molecule has 1 aromatic carbocycles. The van der Waals surface area contributed by atoms with Crippen LogP contribution in [0.1, 0.15) is 5.56 Å². The van der Waals surface area contributed by atoms with Crippen molar-refractivity contribution in [2.45, 2.75) is 6.92 Å². The Morgan fingerprint density at radius 1 is 1.50 bits per heavy atom. The number of benzene rings is 1. The summed E-state index contributed by atoms with van der Waals surface area (Å²) in [4.78, 5) is 0. The van der Waals surface area contributed by atoms with Gasteiger partial charge in [-0.3, -0.25) is 0 Å². The first-order chi connectivity index (χ1) is 5.70. The Morgan fingerprint density at radius 3 is 3.00 bits per heavy atom. The summed E-state index contributed by atoms with van der Waals surface area (Å²) in [6, 6.07) is 3.80. The summed E-state index contributed by atoms with van der Waals surface area (Å²) >= 11 is 4.78. The predicted molar refractivity (Wildman–Crippen MR) is 54.2 cm³/mol. The normalized spacial score (nSPS) is 10.9. The first-order valence-corrected chi connectivity index (χ1v) is 5.19. The van der Waals surface area contributed by atoms with Crippen molar-refractivity contribution < 1.29 is 4.39 Å². The quantitative estimate of drug-likeness (QED) is 0.655. The van der Waals surface area contributed by atoms with Crippen LogP contribution in [0.3, 0.4) is 0 Å². The molecule has 3 heteroatoms. The van der Waals surface area contributed by atoms with Gasteiger partial charge in [-0.15, -0.1) is 11.3 Å². The van der Waals surface area contributed by atoms with Crippen LogP contribution in [0.5, 0.6) is 0 Å². The van der Waals surface area contributed by atoms with E-state index in [0.29, 0.717) is 9.86 Å². The number of hydrogen-bond acceptors (Lipinski definition) is 1. The van der Waals surface area contributed by atoms with Gasteiger partial charge in [0.15, 0.2) is 0 Å². The van der Waals surface area contributed by atoms with Gasteiger partial charge in [0, 0.05) is 10.1 Å². The van der Waals surface area contributed by atoms with E-state index in [2.05, 4.69) is 15.9 Å². The van der Waals surface area contributed by atoms with Crippen LogP contribution in [0.15, 0.2) is 22.0 Å². The highest BCUT2D eigenvalue weighted by molar-refractivity contribution is 9.10. The molecule has 0 aliphatic carbocycles. The molecule has 0 spiro atoms. The van der Waals surface area contributed by atoms with Crippen molar-refractivity contribution in [3.8, 4) is 0 Å². The molecule has 0 saturated carbocycles. The second-order valence-corrected chi connectivity index (χ2v) is 4.39. The minimum Gasteiger partial charge on any atom is -0.205 e. The van der Waals surface area contributed by atoms with Crippen molar-refractivity contribution in [2.24, 2.45) is 0 Å². The SMILES string of the molecule is Cc1cc2sccc2c(F)c1Br. The van der Waals surface area contributed by atoms with Crippen LogP contribution >= 0.6 is 27.3 Å². The fraction of sp³-hybridized carbons (Fsp3) is 0.111. The largest absolute Gasteiger partial charge is 0.205 e. The molecule has 0 saturated heterocycles. The van der Waals surface area contributed by atoms with Crippen molar-refractivity contribution in [2.75, 3.05) is 0 Å². The number of thiophene rings is 1. The smallest absolute Gasteiger partial charge is 0.146 e. The third kappa shape index (κ3) is 1.08. The molecule has 2 rings (SSSR count). The van der Waals surface area contributed by atoms with Crippen LogP contribution in [-0.4, -0.2) is 0 Å². The zero-order valence-electron chi connectivity index (χ0n) is 6.40. The van der Waals surface area contributed by atoms with Gasteiger partial charge in [-0.25, -0.2) is 4.39 Å². The maximum Gasteiger partial charge on any atom is 0.146 e. The van der Waals surface area contributed by atoms with Crippen molar-refractivity contribution >= 4 is 37.4 Å². The predicted octanol–water partition coefficient (Wildman–Crippen LogP) is 4.11. The number of fused-ring (bicyclic) bond motifs is 1. The van der Waals surface area contributed by atoms with Crippen LogP contribution in [0.4, 0.5) is 4.39 Å². The summed E-state index contributed by atoms with van der Waals surface area (Å²) in [6.45, 7) is 1.90. The molecule has 1 aromatic heterocycles. The first kappa shape index (κ1) is 8.20. The lowest BCUT2D eigenvalue weighted by molar-refractivity contribution is 0.632. The molecule has 0 amide bonds. The molecule has 0 radical (unpaired) electrons. The van der Waals surface area contributed by atoms with E-state index in [1.165, 1.54) is 0 Å². The number of aryl methyl sites for hydroxylation is 1. The van der Waals surface area contributed by atoms with Crippen LogP contribution in [0, 0.1) is 12.7 Å². The van der Waals surface area contributed by atoms with Crippen LogP contribution in [-0.2, 0) is 0 Å². The lowest BCUT2D eigenvalue weighted by Crippen LogP contribution is -1.82. The molecule has 2 aromatic rings. The minimum absolute atomic E-state index is 0.147. The fourth-order valence-electron chi connectivity index (χ4n) is 1.17. The Morgan fingerprint density at radius 2 is 2.25 bits per heavy atom. The number of rotatable bonds is 0.